The van der Waals surface area contributed by atoms with E-state index in [1.807, 2.05) is 12.1 Å². The second kappa shape index (κ2) is 10.7. The van der Waals surface area contributed by atoms with Crippen molar-refractivity contribution in [1.82, 2.24) is 19.8 Å². The SMILES string of the molecule is CCS(=O)(=O)N(C)CCCNC(=NC)NCC(c1ccco1)N1CCCC1. The van der Waals surface area contributed by atoms with Gasteiger partial charge in [-0.2, -0.15) is 0 Å². The molecule has 2 heterocycles. The summed E-state index contributed by atoms with van der Waals surface area (Å²) in [5.41, 5.74) is 0. The molecule has 2 rings (SSSR count). The molecule has 1 fully saturated rings. The first-order valence-electron chi connectivity index (χ1n) is 9.64. The lowest BCUT2D eigenvalue weighted by Crippen LogP contribution is -2.43. The Bertz CT molecular complexity index is 669. The molecule has 8 nitrogen and oxygen atoms in total. The molecule has 0 aliphatic carbocycles. The number of likely N-dealkylation sites (tertiary alicyclic amines) is 1. The number of hydrogen-bond acceptors (Lipinski definition) is 5. The lowest BCUT2D eigenvalue weighted by Gasteiger charge is -2.26. The zero-order valence-electron chi connectivity index (χ0n) is 16.6. The van der Waals surface area contributed by atoms with Crippen LogP contribution in [0.15, 0.2) is 27.8 Å². The highest BCUT2D eigenvalue weighted by Crippen LogP contribution is 2.24. The van der Waals surface area contributed by atoms with Crippen LogP contribution in [0.1, 0.15) is 38.0 Å². The van der Waals surface area contributed by atoms with E-state index in [0.717, 1.165) is 18.8 Å². The fourth-order valence-electron chi connectivity index (χ4n) is 3.23. The third-order valence-corrected chi connectivity index (χ3v) is 6.78. The second-order valence-corrected chi connectivity index (χ2v) is 9.09. The van der Waals surface area contributed by atoms with Crippen molar-refractivity contribution in [1.29, 1.82) is 0 Å². The average Bonchev–Trinajstić information content (AvgIpc) is 3.37. The lowest BCUT2D eigenvalue weighted by molar-refractivity contribution is 0.215. The Hall–Kier alpha value is -1.58. The Morgan fingerprint density at radius 2 is 2.11 bits per heavy atom. The van der Waals surface area contributed by atoms with Crippen molar-refractivity contribution in [3.8, 4) is 0 Å². The minimum atomic E-state index is -3.12. The van der Waals surface area contributed by atoms with Crippen molar-refractivity contribution < 1.29 is 12.8 Å². The Balaban J connectivity index is 1.78. The van der Waals surface area contributed by atoms with E-state index in [0.29, 0.717) is 32.0 Å². The standard InChI is InChI=1S/C18H33N5O3S/c1-4-27(24,25)22(3)11-8-10-20-18(19-2)21-15-16(17-9-7-14-26-17)23-12-5-6-13-23/h7,9,14,16H,4-6,8,10-13,15H2,1-3H3,(H2,19,20,21). The van der Waals surface area contributed by atoms with E-state index in [1.54, 1.807) is 27.3 Å². The predicted octanol–water partition coefficient (Wildman–Crippen LogP) is 1.25. The van der Waals surface area contributed by atoms with Gasteiger partial charge in [-0.25, -0.2) is 12.7 Å². The highest BCUT2D eigenvalue weighted by molar-refractivity contribution is 7.89. The molecule has 0 spiro atoms. The Labute approximate surface area is 163 Å². The van der Waals surface area contributed by atoms with Crippen LogP contribution in [0.25, 0.3) is 0 Å². The summed E-state index contributed by atoms with van der Waals surface area (Å²) >= 11 is 0. The van der Waals surface area contributed by atoms with Gasteiger partial charge >= 0.3 is 0 Å². The highest BCUT2D eigenvalue weighted by atomic mass is 32.2. The van der Waals surface area contributed by atoms with Gasteiger partial charge in [0.15, 0.2) is 5.96 Å². The maximum atomic E-state index is 11.8. The number of hydrogen-bond donors (Lipinski definition) is 2. The molecule has 1 saturated heterocycles. The third kappa shape index (κ3) is 6.51. The molecule has 154 valence electrons. The van der Waals surface area contributed by atoms with Gasteiger partial charge in [0.1, 0.15) is 5.76 Å². The summed E-state index contributed by atoms with van der Waals surface area (Å²) < 4.78 is 30.6. The van der Waals surface area contributed by atoms with Crippen molar-refractivity contribution in [2.24, 2.45) is 4.99 Å². The van der Waals surface area contributed by atoms with Crippen molar-refractivity contribution in [2.45, 2.75) is 32.2 Å². The highest BCUT2D eigenvalue weighted by Gasteiger charge is 2.25. The number of guanidine groups is 1. The van der Waals surface area contributed by atoms with Crippen LogP contribution in [0, 0.1) is 0 Å². The van der Waals surface area contributed by atoms with Crippen molar-refractivity contribution >= 4 is 16.0 Å². The summed E-state index contributed by atoms with van der Waals surface area (Å²) in [6.45, 7) is 5.67. The zero-order valence-corrected chi connectivity index (χ0v) is 17.5. The number of nitrogens with one attached hydrogen (secondary N) is 2. The summed E-state index contributed by atoms with van der Waals surface area (Å²) in [5.74, 6) is 1.81. The largest absolute Gasteiger partial charge is 0.468 e. The molecule has 0 amide bonds. The molecular formula is C18H33N5O3S. The van der Waals surface area contributed by atoms with Crippen molar-refractivity contribution in [3.63, 3.8) is 0 Å². The molecule has 0 saturated carbocycles. The Kier molecular flexibility index (Phi) is 8.59. The number of furan rings is 1. The number of sulfonamides is 1. The summed E-state index contributed by atoms with van der Waals surface area (Å²) in [5, 5.41) is 6.62. The maximum Gasteiger partial charge on any atom is 0.213 e. The summed E-state index contributed by atoms with van der Waals surface area (Å²) in [4.78, 5) is 6.70. The molecule has 0 radical (unpaired) electrons. The maximum absolute atomic E-state index is 11.8. The molecule has 27 heavy (non-hydrogen) atoms. The van der Waals surface area contributed by atoms with Gasteiger partial charge in [0, 0.05) is 33.7 Å². The van der Waals surface area contributed by atoms with E-state index in [4.69, 9.17) is 4.42 Å². The van der Waals surface area contributed by atoms with Crippen LogP contribution >= 0.6 is 0 Å². The van der Waals surface area contributed by atoms with Crippen LogP contribution in [-0.2, 0) is 10.0 Å². The summed E-state index contributed by atoms with van der Waals surface area (Å²) in [6, 6.07) is 4.12. The fraction of sp³-hybridized carbons (Fsp3) is 0.722. The first-order valence-corrected chi connectivity index (χ1v) is 11.2. The summed E-state index contributed by atoms with van der Waals surface area (Å²) in [7, 11) is 0.241. The lowest BCUT2D eigenvalue weighted by atomic mass is 10.2. The van der Waals surface area contributed by atoms with E-state index in [1.165, 1.54) is 17.1 Å². The normalized spacial score (nSPS) is 17.4. The minimum Gasteiger partial charge on any atom is -0.468 e. The van der Waals surface area contributed by atoms with Gasteiger partial charge in [0.25, 0.3) is 0 Å². The van der Waals surface area contributed by atoms with E-state index in [2.05, 4.69) is 20.5 Å². The summed E-state index contributed by atoms with van der Waals surface area (Å²) in [6.07, 6.45) is 4.87. The molecule has 0 bridgehead atoms. The Morgan fingerprint density at radius 3 is 2.70 bits per heavy atom. The van der Waals surface area contributed by atoms with Gasteiger partial charge in [0.05, 0.1) is 18.1 Å². The quantitative estimate of drug-likeness (QED) is 0.350. The second-order valence-electron chi connectivity index (χ2n) is 6.73. The van der Waals surface area contributed by atoms with Gasteiger partial charge in [0.2, 0.25) is 10.0 Å². The zero-order chi connectivity index (χ0) is 19.7. The molecule has 2 N–H and O–H groups in total. The number of rotatable bonds is 10. The smallest absolute Gasteiger partial charge is 0.213 e. The number of nitrogens with zero attached hydrogens (tertiary/aromatic N) is 3. The molecule has 9 heteroatoms. The molecule has 1 atom stereocenters. The first-order chi connectivity index (χ1) is 13.0. The molecule has 1 aliphatic rings. The van der Waals surface area contributed by atoms with E-state index >= 15 is 0 Å². The van der Waals surface area contributed by atoms with Crippen LogP contribution in [0.5, 0.6) is 0 Å². The van der Waals surface area contributed by atoms with Gasteiger partial charge < -0.3 is 15.1 Å². The predicted molar refractivity (Wildman–Crippen MR) is 108 cm³/mol. The average molecular weight is 400 g/mol. The fourth-order valence-corrected chi connectivity index (χ4v) is 4.07. The third-order valence-electron chi connectivity index (χ3n) is 4.92. The molecular weight excluding hydrogens is 366 g/mol. The van der Waals surface area contributed by atoms with E-state index < -0.39 is 10.0 Å². The molecule has 1 unspecified atom stereocenters. The van der Waals surface area contributed by atoms with Crippen LogP contribution < -0.4 is 10.6 Å². The topological polar surface area (TPSA) is 90.2 Å². The molecule has 0 aromatic carbocycles. The van der Waals surface area contributed by atoms with Crippen LogP contribution in [0.4, 0.5) is 0 Å². The van der Waals surface area contributed by atoms with Crippen molar-refractivity contribution in [2.75, 3.05) is 52.6 Å². The monoisotopic (exact) mass is 399 g/mol. The van der Waals surface area contributed by atoms with Crippen LogP contribution in [0.3, 0.4) is 0 Å². The van der Waals surface area contributed by atoms with E-state index in [-0.39, 0.29) is 11.8 Å². The first kappa shape index (κ1) is 21.7. The van der Waals surface area contributed by atoms with Gasteiger partial charge in [-0.05, 0) is 51.4 Å². The Morgan fingerprint density at radius 1 is 1.37 bits per heavy atom. The molecule has 1 aliphatic heterocycles. The molecule has 1 aromatic heterocycles. The van der Waals surface area contributed by atoms with Gasteiger partial charge in [-0.1, -0.05) is 0 Å². The van der Waals surface area contributed by atoms with Crippen LogP contribution in [0.2, 0.25) is 0 Å². The number of aliphatic imine (C=N–C) groups is 1. The van der Waals surface area contributed by atoms with Gasteiger partial charge in [-0.3, -0.25) is 9.89 Å². The molecule has 1 aromatic rings. The minimum absolute atomic E-state index is 0.130. The van der Waals surface area contributed by atoms with Gasteiger partial charge in [-0.15, -0.1) is 0 Å². The van der Waals surface area contributed by atoms with Crippen molar-refractivity contribution in [3.05, 3.63) is 24.2 Å². The van der Waals surface area contributed by atoms with E-state index in [9.17, 15) is 8.42 Å². The van der Waals surface area contributed by atoms with Crippen LogP contribution in [-0.4, -0.2) is 76.2 Å².